The van der Waals surface area contributed by atoms with E-state index < -0.39 is 0 Å². The summed E-state index contributed by atoms with van der Waals surface area (Å²) in [4.78, 5) is 13.7. The first kappa shape index (κ1) is 17.6. The van der Waals surface area contributed by atoms with Gasteiger partial charge in [-0.1, -0.05) is 0 Å². The molecular formula is C17H27N2O4+. The molecule has 2 N–H and O–H groups in total. The van der Waals surface area contributed by atoms with Crippen molar-refractivity contribution >= 4 is 5.91 Å². The molecule has 2 rings (SSSR count). The van der Waals surface area contributed by atoms with Crippen molar-refractivity contribution in [1.29, 1.82) is 0 Å². The lowest BCUT2D eigenvalue weighted by Gasteiger charge is -2.23. The highest BCUT2D eigenvalue weighted by molar-refractivity contribution is 5.94. The third kappa shape index (κ3) is 5.41. The van der Waals surface area contributed by atoms with Crippen LogP contribution in [-0.2, 0) is 4.74 Å². The number of benzene rings is 1. The number of rotatable bonds is 8. The van der Waals surface area contributed by atoms with E-state index in [0.29, 0.717) is 36.8 Å². The first-order chi connectivity index (χ1) is 11.2. The van der Waals surface area contributed by atoms with Crippen molar-refractivity contribution in [1.82, 2.24) is 5.32 Å². The van der Waals surface area contributed by atoms with E-state index in [1.165, 1.54) is 4.90 Å². The molecule has 1 aromatic rings. The standard InChI is InChI=1S/C17H26N2O4/c1-3-22-15-6-5-14(13-16(15)23-4-2)17(20)18-7-8-19-9-11-21-12-10-19/h5-6,13H,3-4,7-12H2,1-2H3,(H,18,20)/p+1. The fraction of sp³-hybridized carbons (Fsp3) is 0.588. The predicted molar refractivity (Wildman–Crippen MR) is 87.5 cm³/mol. The number of ether oxygens (including phenoxy) is 3. The Morgan fingerprint density at radius 2 is 1.87 bits per heavy atom. The summed E-state index contributed by atoms with van der Waals surface area (Å²) < 4.78 is 16.4. The molecule has 1 aromatic carbocycles. The maximum absolute atomic E-state index is 12.3. The van der Waals surface area contributed by atoms with E-state index >= 15 is 0 Å². The third-order valence-corrected chi connectivity index (χ3v) is 3.77. The van der Waals surface area contributed by atoms with Gasteiger partial charge in [0, 0.05) is 5.56 Å². The fourth-order valence-corrected chi connectivity index (χ4v) is 2.56. The van der Waals surface area contributed by atoms with Crippen LogP contribution in [0.3, 0.4) is 0 Å². The SMILES string of the molecule is CCOc1ccc(C(=O)NCC[NH+]2CCOCC2)cc1OCC. The van der Waals surface area contributed by atoms with Gasteiger partial charge < -0.3 is 24.4 Å². The van der Waals surface area contributed by atoms with Crippen LogP contribution in [0.25, 0.3) is 0 Å². The third-order valence-electron chi connectivity index (χ3n) is 3.77. The molecule has 0 bridgehead atoms. The van der Waals surface area contributed by atoms with Crippen LogP contribution in [-0.4, -0.2) is 58.5 Å². The lowest BCUT2D eigenvalue weighted by atomic mass is 10.2. The van der Waals surface area contributed by atoms with Gasteiger partial charge in [-0.25, -0.2) is 0 Å². The molecule has 1 aliphatic heterocycles. The van der Waals surface area contributed by atoms with Crippen LogP contribution in [0, 0.1) is 0 Å². The van der Waals surface area contributed by atoms with E-state index in [1.807, 2.05) is 13.8 Å². The van der Waals surface area contributed by atoms with Crippen LogP contribution >= 0.6 is 0 Å². The Hall–Kier alpha value is -1.79. The van der Waals surface area contributed by atoms with Gasteiger partial charge in [-0.15, -0.1) is 0 Å². The molecular weight excluding hydrogens is 296 g/mol. The van der Waals surface area contributed by atoms with Gasteiger partial charge in [0.25, 0.3) is 5.91 Å². The molecule has 0 aliphatic carbocycles. The first-order valence-electron chi connectivity index (χ1n) is 8.33. The summed E-state index contributed by atoms with van der Waals surface area (Å²) >= 11 is 0. The Morgan fingerprint density at radius 3 is 2.57 bits per heavy atom. The van der Waals surface area contributed by atoms with Crippen LogP contribution < -0.4 is 19.7 Å². The van der Waals surface area contributed by atoms with Crippen molar-refractivity contribution in [3.05, 3.63) is 23.8 Å². The molecule has 1 fully saturated rings. The lowest BCUT2D eigenvalue weighted by Crippen LogP contribution is -3.14. The Labute approximate surface area is 137 Å². The monoisotopic (exact) mass is 323 g/mol. The van der Waals surface area contributed by atoms with E-state index in [9.17, 15) is 4.79 Å². The summed E-state index contributed by atoms with van der Waals surface area (Å²) in [7, 11) is 0. The second-order valence-electron chi connectivity index (χ2n) is 5.40. The van der Waals surface area contributed by atoms with Crippen LogP contribution in [0.2, 0.25) is 0 Å². The van der Waals surface area contributed by atoms with Gasteiger partial charge >= 0.3 is 0 Å². The van der Waals surface area contributed by atoms with E-state index in [1.54, 1.807) is 18.2 Å². The van der Waals surface area contributed by atoms with E-state index in [-0.39, 0.29) is 5.91 Å². The Kier molecular flexibility index (Phi) is 7.16. The lowest BCUT2D eigenvalue weighted by molar-refractivity contribution is -0.906. The number of amides is 1. The second kappa shape index (κ2) is 9.37. The molecule has 128 valence electrons. The minimum absolute atomic E-state index is 0.0818. The predicted octanol–water partition coefficient (Wildman–Crippen LogP) is 0.129. The van der Waals surface area contributed by atoms with Gasteiger partial charge in [-0.3, -0.25) is 4.79 Å². The normalized spacial score (nSPS) is 15.2. The minimum atomic E-state index is -0.0818. The van der Waals surface area contributed by atoms with Crippen molar-refractivity contribution in [2.24, 2.45) is 0 Å². The van der Waals surface area contributed by atoms with E-state index in [0.717, 1.165) is 32.8 Å². The van der Waals surface area contributed by atoms with Gasteiger partial charge in [0.1, 0.15) is 13.1 Å². The molecule has 1 saturated heterocycles. The topological polar surface area (TPSA) is 61.2 Å². The highest BCUT2D eigenvalue weighted by Crippen LogP contribution is 2.28. The number of quaternary nitrogens is 1. The van der Waals surface area contributed by atoms with Crippen LogP contribution in [0.4, 0.5) is 0 Å². The van der Waals surface area contributed by atoms with Gasteiger partial charge in [0.2, 0.25) is 0 Å². The maximum Gasteiger partial charge on any atom is 0.251 e. The Morgan fingerprint density at radius 1 is 1.17 bits per heavy atom. The van der Waals surface area contributed by atoms with Crippen LogP contribution in [0.1, 0.15) is 24.2 Å². The Bertz CT molecular complexity index is 501. The molecule has 6 nitrogen and oxygen atoms in total. The van der Waals surface area contributed by atoms with Crippen molar-refractivity contribution in [3.63, 3.8) is 0 Å². The first-order valence-corrected chi connectivity index (χ1v) is 8.33. The number of nitrogens with one attached hydrogen (secondary N) is 2. The number of morpholine rings is 1. The molecule has 0 spiro atoms. The number of hydrogen-bond donors (Lipinski definition) is 2. The molecule has 1 heterocycles. The van der Waals surface area contributed by atoms with Crippen molar-refractivity contribution in [3.8, 4) is 11.5 Å². The molecule has 23 heavy (non-hydrogen) atoms. The summed E-state index contributed by atoms with van der Waals surface area (Å²) in [6, 6.07) is 5.30. The van der Waals surface area contributed by atoms with Crippen LogP contribution in [0.5, 0.6) is 11.5 Å². The Balaban J connectivity index is 1.88. The molecule has 1 aliphatic rings. The zero-order valence-corrected chi connectivity index (χ0v) is 14.0. The van der Waals surface area contributed by atoms with Gasteiger partial charge in [-0.05, 0) is 32.0 Å². The average molecular weight is 323 g/mol. The summed E-state index contributed by atoms with van der Waals surface area (Å²) in [5.41, 5.74) is 0.592. The molecule has 0 saturated carbocycles. The largest absolute Gasteiger partial charge is 0.490 e. The van der Waals surface area contributed by atoms with E-state index in [4.69, 9.17) is 14.2 Å². The second-order valence-corrected chi connectivity index (χ2v) is 5.40. The van der Waals surface area contributed by atoms with E-state index in [2.05, 4.69) is 5.32 Å². The van der Waals surface area contributed by atoms with Gasteiger partial charge in [0.15, 0.2) is 11.5 Å². The fourth-order valence-electron chi connectivity index (χ4n) is 2.56. The number of carbonyl (C=O) groups is 1. The molecule has 0 unspecified atom stereocenters. The number of hydrogen-bond acceptors (Lipinski definition) is 4. The molecule has 6 heteroatoms. The summed E-state index contributed by atoms with van der Waals surface area (Å²) in [5.74, 6) is 1.20. The zero-order valence-electron chi connectivity index (χ0n) is 14.0. The average Bonchev–Trinajstić information content (AvgIpc) is 2.58. The highest BCUT2D eigenvalue weighted by atomic mass is 16.5. The zero-order chi connectivity index (χ0) is 16.5. The maximum atomic E-state index is 12.3. The molecule has 0 radical (unpaired) electrons. The summed E-state index contributed by atoms with van der Waals surface area (Å²) in [6.45, 7) is 10.1. The summed E-state index contributed by atoms with van der Waals surface area (Å²) in [5, 5.41) is 2.97. The van der Waals surface area contributed by atoms with Gasteiger partial charge in [0.05, 0.1) is 39.5 Å². The van der Waals surface area contributed by atoms with Crippen LogP contribution in [0.15, 0.2) is 18.2 Å². The van der Waals surface area contributed by atoms with Gasteiger partial charge in [-0.2, -0.15) is 0 Å². The minimum Gasteiger partial charge on any atom is -0.490 e. The molecule has 0 aromatic heterocycles. The van der Waals surface area contributed by atoms with Crippen molar-refractivity contribution < 1.29 is 23.9 Å². The van der Waals surface area contributed by atoms with Crippen molar-refractivity contribution in [2.45, 2.75) is 13.8 Å². The quantitative estimate of drug-likeness (QED) is 0.714. The number of carbonyl (C=O) groups excluding carboxylic acids is 1. The smallest absolute Gasteiger partial charge is 0.251 e. The highest BCUT2D eigenvalue weighted by Gasteiger charge is 2.15. The molecule has 1 amide bonds. The van der Waals surface area contributed by atoms with Crippen molar-refractivity contribution in [2.75, 3.05) is 52.6 Å². The molecule has 0 atom stereocenters. The summed E-state index contributed by atoms with van der Waals surface area (Å²) in [6.07, 6.45) is 0.